The van der Waals surface area contributed by atoms with E-state index in [1.54, 1.807) is 24.3 Å². The first-order valence-electron chi connectivity index (χ1n) is 8.67. The molecule has 25 heavy (non-hydrogen) atoms. The second-order valence-corrected chi connectivity index (χ2v) is 6.52. The molecule has 1 aliphatic heterocycles. The van der Waals surface area contributed by atoms with Crippen LogP contribution in [0.2, 0.25) is 0 Å². The van der Waals surface area contributed by atoms with E-state index >= 15 is 0 Å². The minimum atomic E-state index is -0.502. The predicted octanol–water partition coefficient (Wildman–Crippen LogP) is 2.47. The number of esters is 1. The largest absolute Gasteiger partial charge is 0.465 e. The number of ether oxygens (including phenoxy) is 1. The van der Waals surface area contributed by atoms with Gasteiger partial charge in [-0.25, -0.2) is 4.79 Å². The lowest BCUT2D eigenvalue weighted by molar-refractivity contribution is -0.132. The van der Waals surface area contributed by atoms with Gasteiger partial charge in [0.2, 0.25) is 11.8 Å². The molecule has 1 fully saturated rings. The number of benzene rings is 1. The number of hydrogen-bond donors (Lipinski definition) is 0. The van der Waals surface area contributed by atoms with Gasteiger partial charge in [-0.1, -0.05) is 19.1 Å². The predicted molar refractivity (Wildman–Crippen MR) is 95.4 cm³/mol. The molecule has 0 bridgehead atoms. The van der Waals surface area contributed by atoms with E-state index in [9.17, 15) is 14.4 Å². The van der Waals surface area contributed by atoms with Gasteiger partial charge in [-0.2, -0.15) is 0 Å². The molecule has 6 nitrogen and oxygen atoms in total. The van der Waals surface area contributed by atoms with Crippen LogP contribution in [0.5, 0.6) is 0 Å². The number of nitrogens with zero attached hydrogens (tertiary/aromatic N) is 2. The molecule has 136 valence electrons. The van der Waals surface area contributed by atoms with Gasteiger partial charge in [-0.05, 0) is 30.9 Å². The molecule has 1 aromatic carbocycles. The Morgan fingerprint density at radius 2 is 2.00 bits per heavy atom. The van der Waals surface area contributed by atoms with E-state index in [0.717, 1.165) is 25.9 Å². The summed E-state index contributed by atoms with van der Waals surface area (Å²) in [5, 5.41) is 0. The number of carbonyl (C=O) groups is 3. The van der Waals surface area contributed by atoms with Gasteiger partial charge in [0, 0.05) is 33.0 Å². The van der Waals surface area contributed by atoms with E-state index in [2.05, 4.69) is 6.92 Å². The Balaban J connectivity index is 2.11. The molecule has 1 saturated heterocycles. The fraction of sp³-hybridized carbons (Fsp3) is 0.526. The number of piperidine rings is 1. The fourth-order valence-corrected chi connectivity index (χ4v) is 3.22. The molecule has 6 heteroatoms. The zero-order valence-corrected chi connectivity index (χ0v) is 15.2. The number of amides is 2. The Morgan fingerprint density at radius 3 is 2.64 bits per heavy atom. The topological polar surface area (TPSA) is 66.9 Å². The van der Waals surface area contributed by atoms with Crippen LogP contribution in [0.15, 0.2) is 24.3 Å². The third-order valence-corrected chi connectivity index (χ3v) is 4.54. The van der Waals surface area contributed by atoms with Crippen LogP contribution < -0.4 is 4.90 Å². The average molecular weight is 346 g/mol. The van der Waals surface area contributed by atoms with Crippen molar-refractivity contribution in [2.75, 3.05) is 31.6 Å². The third kappa shape index (κ3) is 4.81. The molecule has 1 aromatic rings. The standard InChI is InChI=1S/C19H26N2O4/c1-14-7-6-11-20(13-14)18(23)10-12-21(15(2)22)17-9-5-4-8-16(17)19(24)25-3/h4-5,8-9,14H,6-7,10-13H2,1-3H3. The molecule has 0 saturated carbocycles. The number of methoxy groups -OCH3 is 1. The molecular formula is C19H26N2O4. The van der Waals surface area contributed by atoms with Crippen LogP contribution >= 0.6 is 0 Å². The van der Waals surface area contributed by atoms with Crippen molar-refractivity contribution in [3.8, 4) is 0 Å². The molecule has 2 amide bonds. The van der Waals surface area contributed by atoms with Crippen LogP contribution in [0.25, 0.3) is 0 Å². The van der Waals surface area contributed by atoms with Crippen LogP contribution in [-0.2, 0) is 14.3 Å². The molecule has 0 aromatic heterocycles. The van der Waals surface area contributed by atoms with Crippen LogP contribution in [0, 0.1) is 5.92 Å². The SMILES string of the molecule is COC(=O)c1ccccc1N(CCC(=O)N1CCCC(C)C1)C(C)=O. The van der Waals surface area contributed by atoms with E-state index in [1.807, 2.05) is 4.90 Å². The molecule has 0 N–H and O–H groups in total. The van der Waals surface area contributed by atoms with Crippen LogP contribution in [0.3, 0.4) is 0 Å². The summed E-state index contributed by atoms with van der Waals surface area (Å²) in [6, 6.07) is 6.78. The number of rotatable bonds is 5. The highest BCUT2D eigenvalue weighted by Gasteiger charge is 2.24. The van der Waals surface area contributed by atoms with E-state index in [1.165, 1.54) is 18.9 Å². The molecule has 0 spiro atoms. The van der Waals surface area contributed by atoms with Crippen molar-refractivity contribution in [2.24, 2.45) is 5.92 Å². The molecule has 1 atom stereocenters. The van der Waals surface area contributed by atoms with Crippen LogP contribution in [0.1, 0.15) is 43.5 Å². The fourth-order valence-electron chi connectivity index (χ4n) is 3.22. The molecule has 0 aliphatic carbocycles. The lowest BCUT2D eigenvalue weighted by atomic mass is 10.00. The van der Waals surface area contributed by atoms with Crippen LogP contribution in [-0.4, -0.2) is 49.4 Å². The lowest BCUT2D eigenvalue weighted by Crippen LogP contribution is -2.41. The average Bonchev–Trinajstić information content (AvgIpc) is 2.61. The summed E-state index contributed by atoms with van der Waals surface area (Å²) >= 11 is 0. The van der Waals surface area contributed by atoms with E-state index in [4.69, 9.17) is 4.74 Å². The minimum Gasteiger partial charge on any atom is -0.465 e. The first-order chi connectivity index (χ1) is 11.9. The number of likely N-dealkylation sites (tertiary alicyclic amines) is 1. The summed E-state index contributed by atoms with van der Waals surface area (Å²) in [7, 11) is 1.30. The summed E-state index contributed by atoms with van der Waals surface area (Å²) in [4.78, 5) is 39.9. The van der Waals surface area contributed by atoms with Gasteiger partial charge in [0.1, 0.15) is 0 Å². The molecule has 2 rings (SSSR count). The first-order valence-corrected chi connectivity index (χ1v) is 8.67. The zero-order valence-electron chi connectivity index (χ0n) is 15.2. The van der Waals surface area contributed by atoms with Gasteiger partial charge >= 0.3 is 5.97 Å². The summed E-state index contributed by atoms with van der Waals surface area (Å²) in [6.45, 7) is 5.38. The van der Waals surface area contributed by atoms with Crippen molar-refractivity contribution in [3.63, 3.8) is 0 Å². The van der Waals surface area contributed by atoms with Crippen molar-refractivity contribution in [3.05, 3.63) is 29.8 Å². The second-order valence-electron chi connectivity index (χ2n) is 6.52. The van der Waals surface area contributed by atoms with Gasteiger partial charge in [0.15, 0.2) is 0 Å². The highest BCUT2D eigenvalue weighted by Crippen LogP contribution is 2.22. The van der Waals surface area contributed by atoms with E-state index in [-0.39, 0.29) is 24.8 Å². The second kappa shape index (κ2) is 8.65. The van der Waals surface area contributed by atoms with Gasteiger partial charge in [-0.15, -0.1) is 0 Å². The molecule has 1 heterocycles. The summed E-state index contributed by atoms with van der Waals surface area (Å²) in [6.07, 6.45) is 2.41. The Labute approximate surface area is 148 Å². The van der Waals surface area contributed by atoms with Crippen molar-refractivity contribution >= 4 is 23.5 Å². The monoisotopic (exact) mass is 346 g/mol. The van der Waals surface area contributed by atoms with Gasteiger partial charge in [0.05, 0.1) is 18.4 Å². The quantitative estimate of drug-likeness (QED) is 0.768. The Kier molecular flexibility index (Phi) is 6.56. The van der Waals surface area contributed by atoms with E-state index in [0.29, 0.717) is 17.2 Å². The third-order valence-electron chi connectivity index (χ3n) is 4.54. The maximum Gasteiger partial charge on any atom is 0.339 e. The summed E-state index contributed by atoms with van der Waals surface area (Å²) in [5.41, 5.74) is 0.793. The highest BCUT2D eigenvalue weighted by molar-refractivity contribution is 6.02. The zero-order chi connectivity index (χ0) is 18.4. The summed E-state index contributed by atoms with van der Waals surface area (Å²) < 4.78 is 4.79. The first kappa shape index (κ1) is 19.0. The molecular weight excluding hydrogens is 320 g/mol. The summed E-state index contributed by atoms with van der Waals surface area (Å²) in [5.74, 6) is -0.149. The van der Waals surface area contributed by atoms with Crippen molar-refractivity contribution in [1.29, 1.82) is 0 Å². The number of carbonyl (C=O) groups excluding carboxylic acids is 3. The van der Waals surface area contributed by atoms with Crippen molar-refractivity contribution < 1.29 is 19.1 Å². The molecule has 0 radical (unpaired) electrons. The van der Waals surface area contributed by atoms with Crippen LogP contribution in [0.4, 0.5) is 5.69 Å². The van der Waals surface area contributed by atoms with Crippen molar-refractivity contribution in [2.45, 2.75) is 33.1 Å². The van der Waals surface area contributed by atoms with Crippen molar-refractivity contribution in [1.82, 2.24) is 4.90 Å². The maximum absolute atomic E-state index is 12.5. The Hall–Kier alpha value is -2.37. The van der Waals surface area contributed by atoms with Gasteiger partial charge in [0.25, 0.3) is 0 Å². The number of anilines is 1. The number of para-hydroxylation sites is 1. The van der Waals surface area contributed by atoms with Gasteiger partial charge in [-0.3, -0.25) is 9.59 Å². The molecule has 1 unspecified atom stereocenters. The normalized spacial score (nSPS) is 17.1. The highest BCUT2D eigenvalue weighted by atomic mass is 16.5. The maximum atomic E-state index is 12.5. The Morgan fingerprint density at radius 1 is 1.28 bits per heavy atom. The Bertz CT molecular complexity index is 644. The number of hydrogen-bond acceptors (Lipinski definition) is 4. The van der Waals surface area contributed by atoms with E-state index < -0.39 is 5.97 Å². The molecule has 1 aliphatic rings. The lowest BCUT2D eigenvalue weighted by Gasteiger charge is -2.32. The minimum absolute atomic E-state index is 0.0494. The smallest absolute Gasteiger partial charge is 0.339 e. The van der Waals surface area contributed by atoms with Gasteiger partial charge < -0.3 is 14.5 Å².